The highest BCUT2D eigenvalue weighted by molar-refractivity contribution is 7.89. The number of rotatable bonds is 6. The number of hydrogen-bond acceptors (Lipinski definition) is 6. The van der Waals surface area contributed by atoms with Crippen LogP contribution in [-0.4, -0.2) is 55.5 Å². The number of anilines is 1. The highest BCUT2D eigenvalue weighted by Crippen LogP contribution is 2.35. The van der Waals surface area contributed by atoms with Gasteiger partial charge >= 0.3 is 5.97 Å². The molecule has 3 aromatic carbocycles. The fourth-order valence-electron chi connectivity index (χ4n) is 4.86. The molecule has 5 rings (SSSR count). The van der Waals surface area contributed by atoms with Gasteiger partial charge in [0.1, 0.15) is 6.04 Å². The Morgan fingerprint density at radius 1 is 1.03 bits per heavy atom. The average Bonchev–Trinajstić information content (AvgIpc) is 3.28. The SMILES string of the molecule is COC(=O)C1Cc2ncn(Cc3ccccc3)c2CN1S(=O)(=O)c1cccc2c(N(C)C)cccc12. The van der Waals surface area contributed by atoms with Crippen molar-refractivity contribution in [1.29, 1.82) is 0 Å². The lowest BCUT2D eigenvalue weighted by molar-refractivity contribution is -0.145. The summed E-state index contributed by atoms with van der Waals surface area (Å²) < 4.78 is 36.6. The van der Waals surface area contributed by atoms with Gasteiger partial charge in [-0.1, -0.05) is 54.6 Å². The first-order valence-corrected chi connectivity index (χ1v) is 13.1. The smallest absolute Gasteiger partial charge is 0.324 e. The predicted octanol–water partition coefficient (Wildman–Crippen LogP) is 3.44. The Bertz CT molecular complexity index is 1530. The Morgan fingerprint density at radius 2 is 1.75 bits per heavy atom. The summed E-state index contributed by atoms with van der Waals surface area (Å²) in [5.74, 6) is -0.601. The molecule has 1 aliphatic heterocycles. The standard InChI is InChI=1S/C27H28N4O4S/c1-29(2)23-13-7-12-21-20(23)11-8-14-26(21)36(33,34)31-17-25-22(15-24(31)27(32)35-3)28-18-30(25)16-19-9-5-4-6-10-19/h4-14,18,24H,15-17H2,1-3H3. The second-order valence-corrected chi connectivity index (χ2v) is 10.9. The van der Waals surface area contributed by atoms with Gasteiger partial charge in [-0.25, -0.2) is 13.4 Å². The minimum atomic E-state index is -4.07. The normalized spacial score (nSPS) is 16.0. The number of fused-ring (bicyclic) bond motifs is 2. The van der Waals surface area contributed by atoms with Crippen LogP contribution in [0.2, 0.25) is 0 Å². The number of benzene rings is 3. The summed E-state index contributed by atoms with van der Waals surface area (Å²) >= 11 is 0. The van der Waals surface area contributed by atoms with Crippen molar-refractivity contribution in [2.45, 2.75) is 30.4 Å². The van der Waals surface area contributed by atoms with Crippen molar-refractivity contribution < 1.29 is 17.9 Å². The molecule has 0 aliphatic carbocycles. The molecule has 4 aromatic rings. The Labute approximate surface area is 210 Å². The molecule has 1 unspecified atom stereocenters. The van der Waals surface area contributed by atoms with Gasteiger partial charge in [-0.2, -0.15) is 4.31 Å². The first-order valence-electron chi connectivity index (χ1n) is 11.7. The van der Waals surface area contributed by atoms with E-state index in [0.717, 1.165) is 22.3 Å². The molecule has 9 heteroatoms. The molecular weight excluding hydrogens is 476 g/mol. The van der Waals surface area contributed by atoms with Crippen molar-refractivity contribution >= 4 is 32.5 Å². The molecule has 0 bridgehead atoms. The third kappa shape index (κ3) is 4.14. The number of nitrogens with zero attached hydrogens (tertiary/aromatic N) is 4. The number of carbonyl (C=O) groups is 1. The first kappa shape index (κ1) is 24.0. The van der Waals surface area contributed by atoms with Gasteiger partial charge < -0.3 is 14.2 Å². The van der Waals surface area contributed by atoms with E-state index in [1.54, 1.807) is 24.5 Å². The highest BCUT2D eigenvalue weighted by atomic mass is 32.2. The molecule has 36 heavy (non-hydrogen) atoms. The molecule has 0 radical (unpaired) electrons. The number of methoxy groups -OCH3 is 1. The summed E-state index contributed by atoms with van der Waals surface area (Å²) in [6.45, 7) is 0.578. The van der Waals surface area contributed by atoms with E-state index in [-0.39, 0.29) is 17.9 Å². The number of ether oxygens (including phenoxy) is 1. The summed E-state index contributed by atoms with van der Waals surface area (Å²) in [6.07, 6.45) is 1.86. The zero-order valence-corrected chi connectivity index (χ0v) is 21.3. The van der Waals surface area contributed by atoms with Gasteiger partial charge in [0, 0.05) is 43.5 Å². The third-order valence-corrected chi connectivity index (χ3v) is 8.58. The predicted molar refractivity (Wildman–Crippen MR) is 138 cm³/mol. The lowest BCUT2D eigenvalue weighted by Crippen LogP contribution is -2.49. The van der Waals surface area contributed by atoms with E-state index in [9.17, 15) is 13.2 Å². The molecule has 0 fully saturated rings. The Morgan fingerprint density at radius 3 is 2.47 bits per heavy atom. The molecular formula is C27H28N4O4S. The molecule has 0 saturated heterocycles. The largest absolute Gasteiger partial charge is 0.468 e. The van der Waals surface area contributed by atoms with Gasteiger partial charge in [0.15, 0.2) is 0 Å². The van der Waals surface area contributed by atoms with Crippen LogP contribution in [0.4, 0.5) is 5.69 Å². The van der Waals surface area contributed by atoms with Crippen LogP contribution >= 0.6 is 0 Å². The van der Waals surface area contributed by atoms with Gasteiger partial charge in [-0.05, 0) is 17.7 Å². The molecule has 1 aromatic heterocycles. The van der Waals surface area contributed by atoms with E-state index >= 15 is 0 Å². The van der Waals surface area contributed by atoms with Crippen molar-refractivity contribution in [3.05, 3.63) is 90.0 Å². The quantitative estimate of drug-likeness (QED) is 0.374. The van der Waals surface area contributed by atoms with Gasteiger partial charge in [0.05, 0.1) is 36.3 Å². The minimum absolute atomic E-state index is 0.0219. The molecule has 0 spiro atoms. The first-order chi connectivity index (χ1) is 17.3. The van der Waals surface area contributed by atoms with Crippen LogP contribution in [-0.2, 0) is 39.1 Å². The van der Waals surface area contributed by atoms with Crippen LogP contribution in [0, 0.1) is 0 Å². The molecule has 1 atom stereocenters. The van der Waals surface area contributed by atoms with E-state index in [4.69, 9.17) is 4.74 Å². The topological polar surface area (TPSA) is 84.7 Å². The van der Waals surface area contributed by atoms with Crippen LogP contribution in [0.3, 0.4) is 0 Å². The van der Waals surface area contributed by atoms with Crippen molar-refractivity contribution in [1.82, 2.24) is 13.9 Å². The fourth-order valence-corrected chi connectivity index (χ4v) is 6.60. The van der Waals surface area contributed by atoms with Crippen LogP contribution in [0.25, 0.3) is 10.8 Å². The lowest BCUT2D eigenvalue weighted by Gasteiger charge is -2.33. The number of esters is 1. The maximum Gasteiger partial charge on any atom is 0.324 e. The summed E-state index contributed by atoms with van der Waals surface area (Å²) in [7, 11) is 1.04. The number of carbonyl (C=O) groups excluding carboxylic acids is 1. The highest BCUT2D eigenvalue weighted by Gasteiger charge is 2.42. The zero-order valence-electron chi connectivity index (χ0n) is 20.5. The summed E-state index contributed by atoms with van der Waals surface area (Å²) in [4.78, 5) is 19.4. The molecule has 0 saturated carbocycles. The van der Waals surface area contributed by atoms with Gasteiger partial charge in [0.2, 0.25) is 10.0 Å². The zero-order chi connectivity index (χ0) is 25.4. The third-order valence-electron chi connectivity index (χ3n) is 6.67. The lowest BCUT2D eigenvalue weighted by atomic mass is 10.1. The summed E-state index contributed by atoms with van der Waals surface area (Å²) in [5, 5.41) is 1.43. The van der Waals surface area contributed by atoms with Crippen molar-refractivity contribution in [2.24, 2.45) is 0 Å². The monoisotopic (exact) mass is 504 g/mol. The summed E-state index contributed by atoms with van der Waals surface area (Å²) in [6, 6.07) is 19.8. The van der Waals surface area contributed by atoms with E-state index in [0.29, 0.717) is 17.6 Å². The van der Waals surface area contributed by atoms with Crippen LogP contribution in [0.5, 0.6) is 0 Å². The van der Waals surface area contributed by atoms with Crippen molar-refractivity contribution in [2.75, 3.05) is 26.1 Å². The van der Waals surface area contributed by atoms with Gasteiger partial charge in [-0.15, -0.1) is 0 Å². The van der Waals surface area contributed by atoms with Crippen LogP contribution in [0.15, 0.2) is 78.0 Å². The number of sulfonamides is 1. The molecule has 2 heterocycles. The molecule has 186 valence electrons. The molecule has 8 nitrogen and oxygen atoms in total. The van der Waals surface area contributed by atoms with Crippen molar-refractivity contribution in [3.63, 3.8) is 0 Å². The van der Waals surface area contributed by atoms with E-state index in [1.165, 1.54) is 11.4 Å². The average molecular weight is 505 g/mol. The fraction of sp³-hybridized carbons (Fsp3) is 0.259. The van der Waals surface area contributed by atoms with Crippen LogP contribution < -0.4 is 4.90 Å². The van der Waals surface area contributed by atoms with E-state index in [1.807, 2.05) is 72.1 Å². The second kappa shape index (κ2) is 9.40. The van der Waals surface area contributed by atoms with E-state index in [2.05, 4.69) is 4.98 Å². The molecule has 0 amide bonds. The number of hydrogen-bond donors (Lipinski definition) is 0. The Balaban J connectivity index is 1.61. The van der Waals surface area contributed by atoms with E-state index < -0.39 is 22.0 Å². The summed E-state index contributed by atoms with van der Waals surface area (Å²) in [5.41, 5.74) is 3.47. The second-order valence-electron chi connectivity index (χ2n) is 9.07. The van der Waals surface area contributed by atoms with Crippen LogP contribution in [0.1, 0.15) is 17.0 Å². The van der Waals surface area contributed by atoms with Crippen molar-refractivity contribution in [3.8, 4) is 0 Å². The molecule has 1 aliphatic rings. The Hall–Kier alpha value is -3.69. The molecule has 0 N–H and O–H groups in total. The number of imidazole rings is 1. The minimum Gasteiger partial charge on any atom is -0.468 e. The Kier molecular flexibility index (Phi) is 6.27. The van der Waals surface area contributed by atoms with Gasteiger partial charge in [-0.3, -0.25) is 4.79 Å². The number of aromatic nitrogens is 2. The van der Waals surface area contributed by atoms with Gasteiger partial charge in [0.25, 0.3) is 0 Å². The maximum absolute atomic E-state index is 14.2. The maximum atomic E-state index is 14.2.